The minimum absolute atomic E-state index is 0.473. The third-order valence-electron chi connectivity index (χ3n) is 2.88. The van der Waals surface area contributed by atoms with Gasteiger partial charge in [-0.25, -0.2) is 4.79 Å². The van der Waals surface area contributed by atoms with Crippen molar-refractivity contribution in [3.8, 4) is 0 Å². The van der Waals surface area contributed by atoms with Gasteiger partial charge in [0.15, 0.2) is 0 Å². The topological polar surface area (TPSA) is 75.7 Å². The number of benzene rings is 1. The van der Waals surface area contributed by atoms with E-state index in [-0.39, 0.29) is 0 Å². The number of nitrogens with two attached hydrogens (primary N) is 1. The Morgan fingerprint density at radius 3 is 2.83 bits per heavy atom. The van der Waals surface area contributed by atoms with Crippen molar-refractivity contribution in [3.05, 3.63) is 54.1 Å². The molecule has 1 aliphatic heterocycles. The lowest BCUT2D eigenvalue weighted by Crippen LogP contribution is -2.20. The second kappa shape index (κ2) is 4.87. The van der Waals surface area contributed by atoms with Gasteiger partial charge < -0.3 is 10.8 Å². The van der Waals surface area contributed by atoms with Crippen LogP contribution in [-0.2, 0) is 10.3 Å². The minimum Gasteiger partial charge on any atom is -0.478 e. The van der Waals surface area contributed by atoms with Crippen LogP contribution in [0.2, 0.25) is 0 Å². The summed E-state index contributed by atoms with van der Waals surface area (Å²) in [5, 5.41) is 8.63. The van der Waals surface area contributed by atoms with Gasteiger partial charge in [0.05, 0.1) is 0 Å². The average Bonchev–Trinajstić information content (AvgIpc) is 2.79. The van der Waals surface area contributed by atoms with Gasteiger partial charge in [0.2, 0.25) is 0 Å². The summed E-state index contributed by atoms with van der Waals surface area (Å²) in [5.74, 6) is -0.961. The molecule has 0 amide bonds. The lowest BCUT2D eigenvalue weighted by atomic mass is 9.86. The number of aliphatic imine (C=N–C) groups is 1. The maximum absolute atomic E-state index is 10.5. The number of para-hydroxylation sites is 1. The van der Waals surface area contributed by atoms with Gasteiger partial charge in [0.25, 0.3) is 0 Å². The predicted molar refractivity (Wildman–Crippen MR) is 71.6 cm³/mol. The molecule has 1 unspecified atom stereocenters. The Kier molecular flexibility index (Phi) is 3.28. The number of carbonyl (C=O) groups is 1. The highest BCUT2D eigenvalue weighted by atomic mass is 16.4. The summed E-state index contributed by atoms with van der Waals surface area (Å²) in [6.45, 7) is 0. The molecule has 0 spiro atoms. The van der Waals surface area contributed by atoms with Crippen LogP contribution < -0.4 is 5.73 Å². The largest absolute Gasteiger partial charge is 0.478 e. The van der Waals surface area contributed by atoms with E-state index in [1.165, 1.54) is 0 Å². The Bertz CT molecular complexity index is 532. The fourth-order valence-electron chi connectivity index (χ4n) is 2.04. The first-order chi connectivity index (χ1) is 8.64. The Morgan fingerprint density at radius 2 is 2.22 bits per heavy atom. The highest BCUT2D eigenvalue weighted by Gasteiger charge is 2.30. The monoisotopic (exact) mass is 242 g/mol. The van der Waals surface area contributed by atoms with Crippen LogP contribution in [0.5, 0.6) is 0 Å². The fourth-order valence-corrected chi connectivity index (χ4v) is 2.04. The molecule has 1 aromatic carbocycles. The standard InChI is InChI=1S/C14H14N2O2/c15-12-6-2-1-5-11(12)14(9-4-10-16-14)8-3-7-13(17)18/h1-7,9-10H,8,15H2,(H,17,18). The molecule has 1 atom stereocenters. The predicted octanol–water partition coefficient (Wildman–Crippen LogP) is 2.14. The molecule has 1 heterocycles. The Balaban J connectivity index is 2.34. The molecule has 0 aromatic heterocycles. The van der Waals surface area contributed by atoms with E-state index < -0.39 is 11.5 Å². The second-order valence-corrected chi connectivity index (χ2v) is 4.09. The molecule has 2 rings (SSSR count). The van der Waals surface area contributed by atoms with Gasteiger partial charge in [-0.1, -0.05) is 30.4 Å². The molecule has 0 bridgehead atoms. The summed E-state index contributed by atoms with van der Waals surface area (Å²) >= 11 is 0. The SMILES string of the molecule is Nc1ccccc1C1(CC=CC(=O)O)C=CC=N1. The quantitative estimate of drug-likeness (QED) is 0.627. The molecule has 18 heavy (non-hydrogen) atoms. The van der Waals surface area contributed by atoms with Crippen molar-refractivity contribution in [3.63, 3.8) is 0 Å². The van der Waals surface area contributed by atoms with E-state index >= 15 is 0 Å². The lowest BCUT2D eigenvalue weighted by Gasteiger charge is -2.24. The van der Waals surface area contributed by atoms with Crippen molar-refractivity contribution >= 4 is 17.9 Å². The van der Waals surface area contributed by atoms with Crippen LogP contribution in [0.25, 0.3) is 0 Å². The van der Waals surface area contributed by atoms with Crippen molar-refractivity contribution in [2.75, 3.05) is 5.73 Å². The summed E-state index contributed by atoms with van der Waals surface area (Å²) in [7, 11) is 0. The van der Waals surface area contributed by atoms with E-state index in [0.717, 1.165) is 11.6 Å². The normalized spacial score (nSPS) is 21.8. The third-order valence-corrected chi connectivity index (χ3v) is 2.88. The molecule has 3 N–H and O–H groups in total. The molecule has 0 aliphatic carbocycles. The Morgan fingerprint density at radius 1 is 1.44 bits per heavy atom. The van der Waals surface area contributed by atoms with Gasteiger partial charge in [-0.05, 0) is 18.6 Å². The molecule has 1 aromatic rings. The number of rotatable bonds is 4. The molecule has 92 valence electrons. The van der Waals surface area contributed by atoms with Crippen LogP contribution in [0.3, 0.4) is 0 Å². The average molecular weight is 242 g/mol. The molecule has 0 saturated carbocycles. The first kappa shape index (κ1) is 12.1. The molecule has 0 saturated heterocycles. The Labute approximate surface area is 105 Å². The van der Waals surface area contributed by atoms with Gasteiger partial charge in [0.1, 0.15) is 5.54 Å². The zero-order chi connectivity index (χ0) is 13.0. The Hall–Kier alpha value is -2.36. The second-order valence-electron chi connectivity index (χ2n) is 4.09. The van der Waals surface area contributed by atoms with E-state index in [2.05, 4.69) is 4.99 Å². The summed E-state index contributed by atoms with van der Waals surface area (Å²) < 4.78 is 0. The number of carboxylic acid groups (broad SMARTS) is 1. The number of nitrogens with zero attached hydrogens (tertiary/aromatic N) is 1. The van der Waals surface area contributed by atoms with E-state index in [4.69, 9.17) is 10.8 Å². The minimum atomic E-state index is -0.961. The van der Waals surface area contributed by atoms with Crippen molar-refractivity contribution in [1.82, 2.24) is 0 Å². The fraction of sp³-hybridized carbons (Fsp3) is 0.143. The number of hydrogen-bond donors (Lipinski definition) is 2. The zero-order valence-electron chi connectivity index (χ0n) is 9.78. The van der Waals surface area contributed by atoms with Gasteiger partial charge in [-0.15, -0.1) is 0 Å². The molecule has 4 heteroatoms. The van der Waals surface area contributed by atoms with Crippen molar-refractivity contribution in [2.45, 2.75) is 12.0 Å². The maximum Gasteiger partial charge on any atom is 0.327 e. The van der Waals surface area contributed by atoms with Crippen LogP contribution in [0.4, 0.5) is 5.69 Å². The van der Waals surface area contributed by atoms with E-state index in [0.29, 0.717) is 12.1 Å². The summed E-state index contributed by atoms with van der Waals surface area (Å²) in [6.07, 6.45) is 8.69. The van der Waals surface area contributed by atoms with Crippen LogP contribution in [0, 0.1) is 0 Å². The summed E-state index contributed by atoms with van der Waals surface area (Å²) in [6, 6.07) is 7.49. The summed E-state index contributed by atoms with van der Waals surface area (Å²) in [5.41, 5.74) is 6.95. The number of hydrogen-bond acceptors (Lipinski definition) is 3. The number of allylic oxidation sites excluding steroid dienone is 1. The molecule has 0 radical (unpaired) electrons. The van der Waals surface area contributed by atoms with Crippen LogP contribution in [-0.4, -0.2) is 17.3 Å². The molecule has 0 fully saturated rings. The van der Waals surface area contributed by atoms with Crippen LogP contribution >= 0.6 is 0 Å². The molecule has 4 nitrogen and oxygen atoms in total. The van der Waals surface area contributed by atoms with E-state index in [1.54, 1.807) is 12.3 Å². The maximum atomic E-state index is 10.5. The first-order valence-corrected chi connectivity index (χ1v) is 5.61. The lowest BCUT2D eigenvalue weighted by molar-refractivity contribution is -0.131. The smallest absolute Gasteiger partial charge is 0.327 e. The van der Waals surface area contributed by atoms with Gasteiger partial charge in [-0.3, -0.25) is 4.99 Å². The van der Waals surface area contributed by atoms with Crippen LogP contribution in [0.1, 0.15) is 12.0 Å². The molecule has 1 aliphatic rings. The highest BCUT2D eigenvalue weighted by Crippen LogP contribution is 2.37. The molecular weight excluding hydrogens is 228 g/mol. The number of anilines is 1. The van der Waals surface area contributed by atoms with Gasteiger partial charge >= 0.3 is 5.97 Å². The van der Waals surface area contributed by atoms with E-state index in [1.807, 2.05) is 36.4 Å². The van der Waals surface area contributed by atoms with Crippen molar-refractivity contribution in [1.29, 1.82) is 0 Å². The number of nitrogen functional groups attached to an aromatic ring is 1. The van der Waals surface area contributed by atoms with Crippen molar-refractivity contribution in [2.24, 2.45) is 4.99 Å². The van der Waals surface area contributed by atoms with Crippen molar-refractivity contribution < 1.29 is 9.90 Å². The zero-order valence-corrected chi connectivity index (χ0v) is 9.78. The van der Waals surface area contributed by atoms with Gasteiger partial charge in [-0.2, -0.15) is 0 Å². The molecular formula is C14H14N2O2. The number of carboxylic acids is 1. The number of aliphatic carboxylic acids is 1. The highest BCUT2D eigenvalue weighted by molar-refractivity contribution is 5.80. The summed E-state index contributed by atoms with van der Waals surface area (Å²) in [4.78, 5) is 14.9. The first-order valence-electron chi connectivity index (χ1n) is 5.61. The van der Waals surface area contributed by atoms with E-state index in [9.17, 15) is 4.79 Å². The van der Waals surface area contributed by atoms with Gasteiger partial charge in [0, 0.05) is 23.5 Å². The third kappa shape index (κ3) is 2.32. The van der Waals surface area contributed by atoms with Crippen LogP contribution in [0.15, 0.2) is 53.6 Å².